The summed E-state index contributed by atoms with van der Waals surface area (Å²) in [6.07, 6.45) is 0. The molecule has 0 radical (unpaired) electrons. The van der Waals surface area contributed by atoms with Crippen molar-refractivity contribution in [3.8, 4) is 28.6 Å². The molecule has 1 amide bonds. The van der Waals surface area contributed by atoms with E-state index in [1.54, 1.807) is 14.2 Å². The second-order valence-corrected chi connectivity index (χ2v) is 8.60. The van der Waals surface area contributed by atoms with Crippen molar-refractivity contribution in [2.45, 2.75) is 19.0 Å². The molecule has 4 rings (SSSR count). The van der Waals surface area contributed by atoms with Gasteiger partial charge in [-0.05, 0) is 67.4 Å². The predicted molar refractivity (Wildman–Crippen MR) is 135 cm³/mol. The lowest BCUT2D eigenvalue weighted by Crippen LogP contribution is -2.15. The first-order chi connectivity index (χ1) is 16.5. The molecule has 7 nitrogen and oxygen atoms in total. The van der Waals surface area contributed by atoms with Crippen molar-refractivity contribution >= 4 is 23.4 Å². The van der Waals surface area contributed by atoms with Crippen molar-refractivity contribution < 1.29 is 14.3 Å². The average molecular weight is 475 g/mol. The number of rotatable bonds is 8. The number of amides is 1. The van der Waals surface area contributed by atoms with Crippen LogP contribution in [-0.2, 0) is 4.79 Å². The molecule has 4 aromatic rings. The maximum Gasteiger partial charge on any atom is 0.234 e. The Kier molecular flexibility index (Phi) is 7.18. The molecule has 0 atom stereocenters. The Morgan fingerprint density at radius 3 is 2.41 bits per heavy atom. The molecular formula is C26H26N4O3S. The topological polar surface area (TPSA) is 78.3 Å². The molecule has 8 heteroatoms. The second-order valence-electron chi connectivity index (χ2n) is 7.66. The van der Waals surface area contributed by atoms with Crippen molar-refractivity contribution in [2.75, 3.05) is 25.3 Å². The summed E-state index contributed by atoms with van der Waals surface area (Å²) in [7, 11) is 3.26. The van der Waals surface area contributed by atoms with E-state index >= 15 is 0 Å². The number of ether oxygens (including phenoxy) is 2. The molecule has 1 aromatic heterocycles. The first-order valence-electron chi connectivity index (χ1n) is 10.7. The van der Waals surface area contributed by atoms with Crippen LogP contribution in [0.3, 0.4) is 0 Å². The SMILES string of the molecule is COc1ccc(-n2c(SCC(=O)Nc3cccc(C)c3C)nnc2-c2cccc(OC)c2)cc1. The molecule has 0 aliphatic carbocycles. The van der Waals surface area contributed by atoms with E-state index in [2.05, 4.69) is 15.5 Å². The maximum absolute atomic E-state index is 12.7. The Morgan fingerprint density at radius 2 is 1.68 bits per heavy atom. The van der Waals surface area contributed by atoms with Crippen LogP contribution in [0.25, 0.3) is 17.1 Å². The van der Waals surface area contributed by atoms with E-state index < -0.39 is 0 Å². The third kappa shape index (κ3) is 5.07. The zero-order valence-corrected chi connectivity index (χ0v) is 20.3. The molecule has 174 valence electrons. The normalized spacial score (nSPS) is 10.7. The molecule has 1 N–H and O–H groups in total. The predicted octanol–water partition coefficient (Wildman–Crippen LogP) is 5.30. The van der Waals surface area contributed by atoms with E-state index in [4.69, 9.17) is 9.47 Å². The molecule has 0 spiro atoms. The first kappa shape index (κ1) is 23.4. The number of thioether (sulfide) groups is 1. The van der Waals surface area contributed by atoms with Gasteiger partial charge in [-0.1, -0.05) is 36.0 Å². The molecule has 0 saturated carbocycles. The Bertz CT molecular complexity index is 1300. The van der Waals surface area contributed by atoms with Gasteiger partial charge >= 0.3 is 0 Å². The molecule has 0 aliphatic heterocycles. The van der Waals surface area contributed by atoms with Crippen molar-refractivity contribution in [3.63, 3.8) is 0 Å². The van der Waals surface area contributed by atoms with Gasteiger partial charge in [-0.3, -0.25) is 9.36 Å². The number of methoxy groups -OCH3 is 2. The summed E-state index contributed by atoms with van der Waals surface area (Å²) in [5.41, 5.74) is 4.73. The number of carbonyl (C=O) groups excluding carboxylic acids is 1. The number of nitrogens with one attached hydrogen (secondary N) is 1. The summed E-state index contributed by atoms with van der Waals surface area (Å²) in [4.78, 5) is 12.7. The van der Waals surface area contributed by atoms with Gasteiger partial charge < -0.3 is 14.8 Å². The quantitative estimate of drug-likeness (QED) is 0.349. The van der Waals surface area contributed by atoms with Crippen LogP contribution in [0.2, 0.25) is 0 Å². The monoisotopic (exact) mass is 474 g/mol. The van der Waals surface area contributed by atoms with E-state index in [9.17, 15) is 4.79 Å². The van der Waals surface area contributed by atoms with Crippen molar-refractivity contribution in [3.05, 3.63) is 77.9 Å². The number of nitrogens with zero attached hydrogens (tertiary/aromatic N) is 3. The summed E-state index contributed by atoms with van der Waals surface area (Å²) in [6, 6.07) is 21.2. The summed E-state index contributed by atoms with van der Waals surface area (Å²) < 4.78 is 12.6. The third-order valence-electron chi connectivity index (χ3n) is 5.50. The molecule has 1 heterocycles. The van der Waals surface area contributed by atoms with Crippen LogP contribution in [0.5, 0.6) is 11.5 Å². The highest BCUT2D eigenvalue weighted by Crippen LogP contribution is 2.30. The number of hydrogen-bond acceptors (Lipinski definition) is 6. The van der Waals surface area contributed by atoms with E-state index in [0.717, 1.165) is 39.6 Å². The van der Waals surface area contributed by atoms with Gasteiger partial charge in [-0.2, -0.15) is 0 Å². The molecule has 0 aliphatic rings. The second kappa shape index (κ2) is 10.4. The largest absolute Gasteiger partial charge is 0.497 e. The number of aromatic nitrogens is 3. The molecule has 0 fully saturated rings. The Morgan fingerprint density at radius 1 is 0.941 bits per heavy atom. The van der Waals surface area contributed by atoms with Gasteiger partial charge in [-0.15, -0.1) is 10.2 Å². The highest BCUT2D eigenvalue weighted by atomic mass is 32.2. The number of anilines is 1. The van der Waals surface area contributed by atoms with Crippen molar-refractivity contribution in [2.24, 2.45) is 0 Å². The molecule has 3 aromatic carbocycles. The fourth-order valence-corrected chi connectivity index (χ4v) is 4.23. The Hall–Kier alpha value is -3.78. The van der Waals surface area contributed by atoms with Gasteiger partial charge in [0, 0.05) is 16.9 Å². The standard InChI is InChI=1S/C26H26N4O3S/c1-17-7-5-10-23(18(17)2)27-24(31)16-34-26-29-28-25(19-8-6-9-22(15-19)33-4)30(26)20-11-13-21(32-3)14-12-20/h5-15H,16H2,1-4H3,(H,27,31). The minimum absolute atomic E-state index is 0.106. The van der Waals surface area contributed by atoms with Gasteiger partial charge in [0.05, 0.1) is 20.0 Å². The van der Waals surface area contributed by atoms with Crippen molar-refractivity contribution in [1.29, 1.82) is 0 Å². The van der Waals surface area contributed by atoms with Crippen LogP contribution in [0, 0.1) is 13.8 Å². The third-order valence-corrected chi connectivity index (χ3v) is 6.43. The van der Waals surface area contributed by atoms with Gasteiger partial charge in [0.25, 0.3) is 0 Å². The summed E-state index contributed by atoms with van der Waals surface area (Å²) in [5.74, 6) is 2.22. The van der Waals surface area contributed by atoms with Crippen LogP contribution in [0.1, 0.15) is 11.1 Å². The minimum Gasteiger partial charge on any atom is -0.497 e. The van der Waals surface area contributed by atoms with Gasteiger partial charge in [0.1, 0.15) is 11.5 Å². The van der Waals surface area contributed by atoms with Crippen LogP contribution >= 0.6 is 11.8 Å². The molecular weight excluding hydrogens is 448 g/mol. The van der Waals surface area contributed by atoms with E-state index in [-0.39, 0.29) is 11.7 Å². The number of benzene rings is 3. The minimum atomic E-state index is -0.106. The Labute approximate surface area is 203 Å². The van der Waals surface area contributed by atoms with E-state index in [1.165, 1.54) is 11.8 Å². The van der Waals surface area contributed by atoms with Gasteiger partial charge in [0.2, 0.25) is 5.91 Å². The van der Waals surface area contributed by atoms with E-state index in [0.29, 0.717) is 11.0 Å². The highest BCUT2D eigenvalue weighted by molar-refractivity contribution is 7.99. The lowest BCUT2D eigenvalue weighted by atomic mass is 10.1. The van der Waals surface area contributed by atoms with Crippen LogP contribution in [0.4, 0.5) is 5.69 Å². The first-order valence-corrected chi connectivity index (χ1v) is 11.7. The van der Waals surface area contributed by atoms with Crippen LogP contribution < -0.4 is 14.8 Å². The summed E-state index contributed by atoms with van der Waals surface area (Å²) >= 11 is 1.33. The number of aryl methyl sites for hydroxylation is 1. The van der Waals surface area contributed by atoms with E-state index in [1.807, 2.05) is 85.1 Å². The fraction of sp³-hybridized carbons (Fsp3) is 0.192. The van der Waals surface area contributed by atoms with Crippen LogP contribution in [-0.4, -0.2) is 40.6 Å². The summed E-state index contributed by atoms with van der Waals surface area (Å²) in [6.45, 7) is 4.02. The summed E-state index contributed by atoms with van der Waals surface area (Å²) in [5, 5.41) is 12.5. The number of carbonyl (C=O) groups is 1. The maximum atomic E-state index is 12.7. The zero-order valence-electron chi connectivity index (χ0n) is 19.5. The zero-order chi connectivity index (χ0) is 24.1. The molecule has 0 unspecified atom stereocenters. The molecule has 0 bridgehead atoms. The van der Waals surface area contributed by atoms with Crippen molar-refractivity contribution in [1.82, 2.24) is 14.8 Å². The van der Waals surface area contributed by atoms with Gasteiger partial charge in [-0.25, -0.2) is 0 Å². The number of hydrogen-bond donors (Lipinski definition) is 1. The smallest absolute Gasteiger partial charge is 0.234 e. The fourth-order valence-electron chi connectivity index (χ4n) is 3.48. The van der Waals surface area contributed by atoms with Gasteiger partial charge in [0.15, 0.2) is 11.0 Å². The average Bonchev–Trinajstić information content (AvgIpc) is 3.29. The Balaban J connectivity index is 1.63. The lowest BCUT2D eigenvalue weighted by Gasteiger charge is -2.12. The van der Waals surface area contributed by atoms with Crippen LogP contribution in [0.15, 0.2) is 71.9 Å². The molecule has 0 saturated heterocycles. The lowest BCUT2D eigenvalue weighted by molar-refractivity contribution is -0.113. The molecule has 34 heavy (non-hydrogen) atoms. The highest BCUT2D eigenvalue weighted by Gasteiger charge is 2.18.